The molecule has 11 heteroatoms. The summed E-state index contributed by atoms with van der Waals surface area (Å²) in [6.45, 7) is 0.00279. The summed E-state index contributed by atoms with van der Waals surface area (Å²) in [5, 5.41) is 11.6. The maximum absolute atomic E-state index is 14.7. The first-order valence-electron chi connectivity index (χ1n) is 13.7. The van der Waals surface area contributed by atoms with Crippen molar-refractivity contribution in [3.63, 3.8) is 0 Å². The number of amides is 3. The molecule has 3 aromatic rings. The lowest BCUT2D eigenvalue weighted by atomic mass is 9.95. The Morgan fingerprint density at radius 2 is 1.72 bits per heavy atom. The molecule has 3 aromatic carbocycles. The van der Waals surface area contributed by atoms with E-state index in [-0.39, 0.29) is 52.9 Å². The first kappa shape index (κ1) is 29.9. The van der Waals surface area contributed by atoms with E-state index in [1.165, 1.54) is 29.2 Å². The molecule has 1 fully saturated rings. The van der Waals surface area contributed by atoms with E-state index >= 15 is 0 Å². The van der Waals surface area contributed by atoms with Crippen molar-refractivity contribution in [3.05, 3.63) is 100 Å². The summed E-state index contributed by atoms with van der Waals surface area (Å²) in [7, 11) is 1.71. The zero-order valence-corrected chi connectivity index (χ0v) is 23.9. The molecule has 0 radical (unpaired) electrons. The first-order chi connectivity index (χ1) is 20.5. The fourth-order valence-corrected chi connectivity index (χ4v) is 5.22. The van der Waals surface area contributed by atoms with E-state index in [0.29, 0.717) is 16.9 Å². The third-order valence-electron chi connectivity index (χ3n) is 7.66. The third kappa shape index (κ3) is 6.59. The van der Waals surface area contributed by atoms with Gasteiger partial charge in [-0.15, -0.1) is 0 Å². The van der Waals surface area contributed by atoms with Gasteiger partial charge in [-0.1, -0.05) is 23.7 Å². The number of halogens is 3. The maximum atomic E-state index is 14.7. The van der Waals surface area contributed by atoms with Crippen LogP contribution < -0.4 is 10.2 Å². The highest BCUT2D eigenvalue weighted by atomic mass is 35.5. The molecule has 0 bridgehead atoms. The largest absolute Gasteiger partial charge is 0.478 e. The molecule has 2 aliphatic rings. The topological polar surface area (TPSA) is 107 Å². The summed E-state index contributed by atoms with van der Waals surface area (Å²) >= 11 is 5.85. The Morgan fingerprint density at radius 1 is 1.05 bits per heavy atom. The van der Waals surface area contributed by atoms with Crippen molar-refractivity contribution >= 4 is 52.2 Å². The van der Waals surface area contributed by atoms with E-state index < -0.39 is 35.5 Å². The maximum Gasteiger partial charge on any atom is 0.335 e. The van der Waals surface area contributed by atoms with Crippen molar-refractivity contribution in [1.29, 1.82) is 0 Å². The van der Waals surface area contributed by atoms with Crippen molar-refractivity contribution < 1.29 is 33.1 Å². The molecule has 5 rings (SSSR count). The lowest BCUT2D eigenvalue weighted by Gasteiger charge is -2.33. The van der Waals surface area contributed by atoms with Crippen LogP contribution in [0.15, 0.2) is 66.7 Å². The average molecular weight is 608 g/mol. The second kappa shape index (κ2) is 12.3. The Hall–Kier alpha value is -4.57. The SMILES string of the molecule is CN(C(=O)C1CC1)c1ccc(CC(C(=O)Nc2ccc(C(=O)O)cc2)N2CCC(c3c(F)ccc(Cl)c3F)=CC2=O)cc1. The predicted octanol–water partition coefficient (Wildman–Crippen LogP) is 5.55. The molecule has 1 atom stereocenters. The van der Waals surface area contributed by atoms with E-state index in [2.05, 4.69) is 5.32 Å². The highest BCUT2D eigenvalue weighted by Crippen LogP contribution is 2.33. The number of aromatic carboxylic acids is 1. The minimum atomic E-state index is -1.11. The van der Waals surface area contributed by atoms with Gasteiger partial charge in [0.2, 0.25) is 17.7 Å². The molecule has 222 valence electrons. The molecule has 1 heterocycles. The Morgan fingerprint density at radius 3 is 2.33 bits per heavy atom. The number of hydrogen-bond acceptors (Lipinski definition) is 4. The van der Waals surface area contributed by atoms with Crippen LogP contribution in [0.25, 0.3) is 5.57 Å². The highest BCUT2D eigenvalue weighted by Gasteiger charge is 2.34. The van der Waals surface area contributed by atoms with Crippen molar-refractivity contribution in [2.24, 2.45) is 5.92 Å². The predicted molar refractivity (Wildman–Crippen MR) is 158 cm³/mol. The second-order valence-electron chi connectivity index (χ2n) is 10.6. The number of carboxylic acid groups (broad SMARTS) is 1. The first-order valence-corrected chi connectivity index (χ1v) is 14.1. The van der Waals surface area contributed by atoms with Gasteiger partial charge in [-0.05, 0) is 78.9 Å². The zero-order chi connectivity index (χ0) is 30.8. The number of benzene rings is 3. The van der Waals surface area contributed by atoms with Crippen LogP contribution in [0, 0.1) is 17.6 Å². The molecule has 2 N–H and O–H groups in total. The van der Waals surface area contributed by atoms with Gasteiger partial charge < -0.3 is 20.2 Å². The molecule has 1 unspecified atom stereocenters. The lowest BCUT2D eigenvalue weighted by Crippen LogP contribution is -2.49. The van der Waals surface area contributed by atoms with E-state index in [0.717, 1.165) is 31.1 Å². The molecular formula is C32H28ClF2N3O5. The monoisotopic (exact) mass is 607 g/mol. The summed E-state index contributed by atoms with van der Waals surface area (Å²) < 4.78 is 29.2. The van der Waals surface area contributed by atoms with Gasteiger partial charge in [0.1, 0.15) is 11.9 Å². The van der Waals surface area contributed by atoms with Crippen molar-refractivity contribution in [1.82, 2.24) is 4.90 Å². The van der Waals surface area contributed by atoms with Crippen LogP contribution in [0.1, 0.15) is 40.7 Å². The number of nitrogens with zero attached hydrogens (tertiary/aromatic N) is 2. The Balaban J connectivity index is 1.40. The van der Waals surface area contributed by atoms with Crippen molar-refractivity contribution in [3.8, 4) is 0 Å². The molecule has 1 aliphatic carbocycles. The number of carbonyl (C=O) groups excluding carboxylic acids is 3. The van der Waals surface area contributed by atoms with Crippen LogP contribution in [0.2, 0.25) is 5.02 Å². The minimum absolute atomic E-state index is 0.00279. The number of rotatable bonds is 9. The number of nitrogens with one attached hydrogen (secondary N) is 1. The molecule has 1 aliphatic heterocycles. The number of carboxylic acids is 1. The Labute approximate surface area is 251 Å². The smallest absolute Gasteiger partial charge is 0.335 e. The quantitative estimate of drug-likeness (QED) is 0.310. The van der Waals surface area contributed by atoms with Crippen LogP contribution in [0.4, 0.5) is 20.2 Å². The number of hydrogen-bond donors (Lipinski definition) is 2. The van der Waals surface area contributed by atoms with Gasteiger partial charge >= 0.3 is 5.97 Å². The van der Waals surface area contributed by atoms with Crippen LogP contribution in [0.3, 0.4) is 0 Å². The molecule has 0 aromatic heterocycles. The zero-order valence-electron chi connectivity index (χ0n) is 23.1. The Bertz CT molecular complexity index is 1620. The van der Waals surface area contributed by atoms with E-state index in [9.17, 15) is 28.0 Å². The van der Waals surface area contributed by atoms with Crippen LogP contribution >= 0.6 is 11.6 Å². The molecule has 8 nitrogen and oxygen atoms in total. The van der Waals surface area contributed by atoms with Gasteiger partial charge in [-0.25, -0.2) is 13.6 Å². The minimum Gasteiger partial charge on any atom is -0.478 e. The lowest BCUT2D eigenvalue weighted by molar-refractivity contribution is -0.135. The molecule has 0 spiro atoms. The third-order valence-corrected chi connectivity index (χ3v) is 7.95. The van der Waals surface area contributed by atoms with Gasteiger partial charge in [0.15, 0.2) is 5.82 Å². The summed E-state index contributed by atoms with van der Waals surface area (Å²) in [4.78, 5) is 53.6. The molecule has 0 saturated heterocycles. The van der Waals surface area contributed by atoms with Crippen LogP contribution in [-0.2, 0) is 20.8 Å². The fourth-order valence-electron chi connectivity index (χ4n) is 5.06. The van der Waals surface area contributed by atoms with E-state index in [1.54, 1.807) is 36.2 Å². The molecule has 1 saturated carbocycles. The summed E-state index contributed by atoms with van der Waals surface area (Å²) in [5.74, 6) is -3.95. The van der Waals surface area contributed by atoms with Gasteiger partial charge in [0, 0.05) is 43.4 Å². The molecular weight excluding hydrogens is 580 g/mol. The summed E-state index contributed by atoms with van der Waals surface area (Å²) in [5.41, 5.74) is 1.55. The van der Waals surface area contributed by atoms with Crippen molar-refractivity contribution in [2.45, 2.75) is 31.7 Å². The normalized spacial score (nSPS) is 15.5. The van der Waals surface area contributed by atoms with Crippen LogP contribution in [0.5, 0.6) is 0 Å². The Kier molecular flexibility index (Phi) is 8.59. The average Bonchev–Trinajstić information content (AvgIpc) is 3.84. The summed E-state index contributed by atoms with van der Waals surface area (Å²) in [6, 6.07) is 13.8. The van der Waals surface area contributed by atoms with E-state index in [1.807, 2.05) is 0 Å². The summed E-state index contributed by atoms with van der Waals surface area (Å²) in [6.07, 6.45) is 3.06. The van der Waals surface area contributed by atoms with E-state index in [4.69, 9.17) is 16.7 Å². The van der Waals surface area contributed by atoms with Gasteiger partial charge in [0.25, 0.3) is 0 Å². The molecule has 43 heavy (non-hydrogen) atoms. The van der Waals surface area contributed by atoms with Gasteiger partial charge in [-0.3, -0.25) is 14.4 Å². The highest BCUT2D eigenvalue weighted by molar-refractivity contribution is 6.31. The second-order valence-corrected chi connectivity index (χ2v) is 11.0. The van der Waals surface area contributed by atoms with Crippen LogP contribution in [-0.4, -0.2) is 53.3 Å². The van der Waals surface area contributed by atoms with Crippen molar-refractivity contribution in [2.75, 3.05) is 23.8 Å². The molecule has 3 amide bonds. The van der Waals surface area contributed by atoms with Gasteiger partial charge in [-0.2, -0.15) is 0 Å². The standard InChI is InChI=1S/C32H28ClF2N3O5/c1-37(31(41)19-4-5-19)23-10-2-18(3-11-23)16-26(30(40)36-22-8-6-20(7-9-22)32(42)43)38-15-14-21(17-27(38)39)28-25(34)13-12-24(33)29(28)35/h2-3,6-13,17,19,26H,4-5,14-16H2,1H3,(H,36,40)(H,42,43). The number of anilines is 2. The van der Waals surface area contributed by atoms with Gasteiger partial charge in [0.05, 0.1) is 16.1 Å². The number of carbonyl (C=O) groups is 4. The fraction of sp³-hybridized carbons (Fsp3) is 0.250.